The first kappa shape index (κ1) is 15.8. The normalized spacial score (nSPS) is 15.1. The molecular weight excluding hydrogens is 288 g/mol. The molecule has 6 heteroatoms. The van der Waals surface area contributed by atoms with Crippen molar-refractivity contribution in [2.75, 3.05) is 13.1 Å². The molecule has 1 saturated carbocycles. The summed E-state index contributed by atoms with van der Waals surface area (Å²) >= 11 is 1.61. The fourth-order valence-corrected chi connectivity index (χ4v) is 3.52. The highest BCUT2D eigenvalue weighted by molar-refractivity contribution is 7.09. The maximum Gasteiger partial charge on any atom is 0.323 e. The summed E-state index contributed by atoms with van der Waals surface area (Å²) in [6, 6.07) is 3.88. The van der Waals surface area contributed by atoms with Gasteiger partial charge in [0.1, 0.15) is 6.54 Å². The Morgan fingerprint density at radius 1 is 1.38 bits per heavy atom. The summed E-state index contributed by atoms with van der Waals surface area (Å²) in [5.41, 5.74) is 0. The Kier molecular flexibility index (Phi) is 5.61. The second-order valence-electron chi connectivity index (χ2n) is 5.34. The Bertz CT molecular complexity index is 469. The topological polar surface area (TPSA) is 60.9 Å². The second kappa shape index (κ2) is 7.45. The number of carbonyl (C=O) groups is 2. The van der Waals surface area contributed by atoms with E-state index in [4.69, 9.17) is 5.11 Å². The highest BCUT2D eigenvalue weighted by atomic mass is 32.1. The number of carboxylic acid groups (broad SMARTS) is 1. The van der Waals surface area contributed by atoms with Gasteiger partial charge in [0.2, 0.25) is 0 Å². The van der Waals surface area contributed by atoms with E-state index >= 15 is 0 Å². The van der Waals surface area contributed by atoms with Crippen LogP contribution in [0.4, 0.5) is 4.79 Å². The van der Waals surface area contributed by atoms with Crippen molar-refractivity contribution in [3.05, 3.63) is 22.4 Å². The van der Waals surface area contributed by atoms with Gasteiger partial charge in [0.15, 0.2) is 0 Å². The molecular formula is C15H22N2O3S. The molecule has 0 saturated heterocycles. The Labute approximate surface area is 129 Å². The van der Waals surface area contributed by atoms with Gasteiger partial charge in [-0.2, -0.15) is 0 Å². The SMILES string of the molecule is CCN(Cc1cccs1)C(=O)N(CC(=O)O)C1CCCC1. The van der Waals surface area contributed by atoms with Crippen LogP contribution in [-0.2, 0) is 11.3 Å². The average Bonchev–Trinajstić information content (AvgIpc) is 3.14. The van der Waals surface area contributed by atoms with E-state index in [1.54, 1.807) is 21.1 Å². The van der Waals surface area contributed by atoms with Crippen molar-refractivity contribution in [1.29, 1.82) is 0 Å². The summed E-state index contributed by atoms with van der Waals surface area (Å²) in [7, 11) is 0. The summed E-state index contributed by atoms with van der Waals surface area (Å²) < 4.78 is 0. The van der Waals surface area contributed by atoms with Crippen LogP contribution in [0.3, 0.4) is 0 Å². The van der Waals surface area contributed by atoms with Gasteiger partial charge < -0.3 is 14.9 Å². The molecule has 0 spiro atoms. The zero-order valence-corrected chi connectivity index (χ0v) is 13.1. The van der Waals surface area contributed by atoms with Gasteiger partial charge in [0.05, 0.1) is 6.54 Å². The quantitative estimate of drug-likeness (QED) is 0.878. The van der Waals surface area contributed by atoms with Crippen LogP contribution in [0.25, 0.3) is 0 Å². The van der Waals surface area contributed by atoms with Gasteiger partial charge in [-0.3, -0.25) is 4.79 Å². The summed E-state index contributed by atoms with van der Waals surface area (Å²) in [4.78, 5) is 28.2. The van der Waals surface area contributed by atoms with Crippen molar-refractivity contribution in [2.24, 2.45) is 0 Å². The molecule has 116 valence electrons. The monoisotopic (exact) mass is 310 g/mol. The summed E-state index contributed by atoms with van der Waals surface area (Å²) in [6.45, 7) is 2.86. The summed E-state index contributed by atoms with van der Waals surface area (Å²) in [6.07, 6.45) is 3.97. The van der Waals surface area contributed by atoms with Crippen LogP contribution in [-0.4, -0.2) is 46.0 Å². The molecule has 5 nitrogen and oxygen atoms in total. The molecule has 0 unspecified atom stereocenters. The van der Waals surface area contributed by atoms with Gasteiger partial charge in [-0.25, -0.2) is 4.79 Å². The third-order valence-electron chi connectivity index (χ3n) is 3.90. The van der Waals surface area contributed by atoms with E-state index in [2.05, 4.69) is 0 Å². The van der Waals surface area contributed by atoms with E-state index in [0.29, 0.717) is 13.1 Å². The maximum absolute atomic E-state index is 12.7. The average molecular weight is 310 g/mol. The van der Waals surface area contributed by atoms with Gasteiger partial charge in [-0.05, 0) is 31.2 Å². The summed E-state index contributed by atoms with van der Waals surface area (Å²) in [5, 5.41) is 11.1. The van der Waals surface area contributed by atoms with Gasteiger partial charge >= 0.3 is 12.0 Å². The van der Waals surface area contributed by atoms with Crippen LogP contribution in [0.15, 0.2) is 17.5 Å². The molecule has 0 aromatic carbocycles. The molecule has 21 heavy (non-hydrogen) atoms. The molecule has 2 amide bonds. The second-order valence-corrected chi connectivity index (χ2v) is 6.37. The van der Waals surface area contributed by atoms with Gasteiger partial charge in [-0.15, -0.1) is 11.3 Å². The number of carboxylic acids is 1. The summed E-state index contributed by atoms with van der Waals surface area (Å²) in [5.74, 6) is -0.942. The zero-order chi connectivity index (χ0) is 15.2. The molecule has 1 fully saturated rings. The largest absolute Gasteiger partial charge is 0.480 e. The molecule has 0 bridgehead atoms. The smallest absolute Gasteiger partial charge is 0.323 e. The van der Waals surface area contributed by atoms with E-state index in [-0.39, 0.29) is 18.6 Å². The molecule has 1 aromatic rings. The number of urea groups is 1. The lowest BCUT2D eigenvalue weighted by Crippen LogP contribution is -2.49. The number of rotatable bonds is 6. The number of amides is 2. The maximum atomic E-state index is 12.7. The van der Waals surface area contributed by atoms with E-state index in [1.807, 2.05) is 24.4 Å². The third kappa shape index (κ3) is 4.20. The number of hydrogen-bond acceptors (Lipinski definition) is 3. The molecule has 2 rings (SSSR count). The lowest BCUT2D eigenvalue weighted by Gasteiger charge is -2.33. The first-order valence-corrected chi connectivity index (χ1v) is 8.29. The zero-order valence-electron chi connectivity index (χ0n) is 12.3. The molecule has 0 aliphatic heterocycles. The molecule has 1 aliphatic rings. The van der Waals surface area contributed by atoms with Crippen molar-refractivity contribution in [1.82, 2.24) is 9.80 Å². The Morgan fingerprint density at radius 2 is 2.10 bits per heavy atom. The fourth-order valence-electron chi connectivity index (χ4n) is 2.80. The Hall–Kier alpha value is -1.56. The molecule has 1 aromatic heterocycles. The number of aliphatic carboxylic acids is 1. The first-order chi connectivity index (χ1) is 10.1. The van der Waals surface area contributed by atoms with Gasteiger partial charge in [-0.1, -0.05) is 18.9 Å². The molecule has 0 radical (unpaired) electrons. The van der Waals surface area contributed by atoms with Crippen LogP contribution in [0, 0.1) is 0 Å². The van der Waals surface area contributed by atoms with Crippen molar-refractivity contribution >= 4 is 23.3 Å². The lowest BCUT2D eigenvalue weighted by atomic mass is 10.2. The highest BCUT2D eigenvalue weighted by Gasteiger charge is 2.30. The van der Waals surface area contributed by atoms with Crippen LogP contribution >= 0.6 is 11.3 Å². The number of thiophene rings is 1. The minimum Gasteiger partial charge on any atom is -0.480 e. The van der Waals surface area contributed by atoms with Gasteiger partial charge in [0.25, 0.3) is 0 Å². The predicted molar refractivity (Wildman–Crippen MR) is 82.4 cm³/mol. The van der Waals surface area contributed by atoms with Crippen molar-refractivity contribution in [2.45, 2.75) is 45.2 Å². The Morgan fingerprint density at radius 3 is 2.62 bits per heavy atom. The van der Waals surface area contributed by atoms with Crippen molar-refractivity contribution < 1.29 is 14.7 Å². The third-order valence-corrected chi connectivity index (χ3v) is 4.76. The number of hydrogen-bond donors (Lipinski definition) is 1. The first-order valence-electron chi connectivity index (χ1n) is 7.41. The molecule has 1 heterocycles. The highest BCUT2D eigenvalue weighted by Crippen LogP contribution is 2.25. The number of carbonyl (C=O) groups excluding carboxylic acids is 1. The van der Waals surface area contributed by atoms with Crippen LogP contribution in [0.1, 0.15) is 37.5 Å². The minimum atomic E-state index is -0.942. The van der Waals surface area contributed by atoms with E-state index in [9.17, 15) is 9.59 Å². The fraction of sp³-hybridized carbons (Fsp3) is 0.600. The standard InChI is InChI=1S/C15H22N2O3S/c1-2-16(10-13-8-5-9-21-13)15(20)17(11-14(18)19)12-6-3-4-7-12/h5,8-9,12H,2-4,6-7,10-11H2,1H3,(H,18,19). The van der Waals surface area contributed by atoms with E-state index < -0.39 is 5.97 Å². The number of nitrogens with zero attached hydrogens (tertiary/aromatic N) is 2. The van der Waals surface area contributed by atoms with E-state index in [0.717, 1.165) is 30.6 Å². The molecule has 0 atom stereocenters. The minimum absolute atomic E-state index is 0.0750. The van der Waals surface area contributed by atoms with Crippen molar-refractivity contribution in [3.63, 3.8) is 0 Å². The lowest BCUT2D eigenvalue weighted by molar-refractivity contribution is -0.138. The van der Waals surface area contributed by atoms with Crippen LogP contribution in [0.5, 0.6) is 0 Å². The van der Waals surface area contributed by atoms with E-state index in [1.165, 1.54) is 0 Å². The molecule has 1 N–H and O–H groups in total. The van der Waals surface area contributed by atoms with Crippen LogP contribution < -0.4 is 0 Å². The molecule has 1 aliphatic carbocycles. The van der Waals surface area contributed by atoms with Crippen molar-refractivity contribution in [3.8, 4) is 0 Å². The Balaban J connectivity index is 2.08. The predicted octanol–water partition coefficient (Wildman–Crippen LogP) is 3.02. The van der Waals surface area contributed by atoms with Gasteiger partial charge in [0, 0.05) is 17.5 Å². The van der Waals surface area contributed by atoms with Crippen LogP contribution in [0.2, 0.25) is 0 Å².